The Morgan fingerprint density at radius 3 is 2.23 bits per heavy atom. The maximum Gasteiger partial charge on any atom is 0.412 e. The Morgan fingerprint density at radius 1 is 1.00 bits per heavy atom. The van der Waals surface area contributed by atoms with Gasteiger partial charge in [-0.15, -0.1) is 0 Å². The molecule has 110 valence electrons. The molecule has 0 fully saturated rings. The Balaban J connectivity index is 1.96. The van der Waals surface area contributed by atoms with Crippen molar-refractivity contribution in [1.82, 2.24) is 5.32 Å². The number of carbonyl (C=O) groups is 3. The van der Waals surface area contributed by atoms with Gasteiger partial charge in [0.2, 0.25) is 0 Å². The third-order valence-corrected chi connectivity index (χ3v) is 3.28. The summed E-state index contributed by atoms with van der Waals surface area (Å²) in [5, 5.41) is 2.33. The highest BCUT2D eigenvalue weighted by atomic mass is 16.5. The van der Waals surface area contributed by atoms with Crippen LogP contribution in [-0.2, 0) is 0 Å². The molecule has 3 amide bonds. The third-order valence-electron chi connectivity index (χ3n) is 3.28. The van der Waals surface area contributed by atoms with Gasteiger partial charge in [-0.3, -0.25) is 9.59 Å². The number of hydrogen-bond acceptors (Lipinski definition) is 4. The van der Waals surface area contributed by atoms with Crippen LogP contribution in [-0.4, -0.2) is 25.0 Å². The van der Waals surface area contributed by atoms with E-state index in [0.717, 1.165) is 4.90 Å². The summed E-state index contributed by atoms with van der Waals surface area (Å²) in [6, 6.07) is 12.9. The van der Waals surface area contributed by atoms with Crippen molar-refractivity contribution in [2.45, 2.75) is 0 Å². The molecular formula is C16H12N2O4. The fraction of sp³-hybridized carbons (Fsp3) is 0.0625. The first-order valence-corrected chi connectivity index (χ1v) is 6.59. The second-order valence-corrected chi connectivity index (χ2v) is 4.63. The van der Waals surface area contributed by atoms with Crippen molar-refractivity contribution in [3.8, 4) is 5.75 Å². The van der Waals surface area contributed by atoms with E-state index in [-0.39, 0.29) is 5.75 Å². The van der Waals surface area contributed by atoms with Gasteiger partial charge < -0.3 is 10.1 Å². The van der Waals surface area contributed by atoms with Crippen LogP contribution in [0.4, 0.5) is 10.5 Å². The quantitative estimate of drug-likeness (QED) is 0.862. The molecule has 2 aromatic carbocycles. The Morgan fingerprint density at radius 2 is 1.64 bits per heavy atom. The number of ether oxygens (including phenoxy) is 1. The normalized spacial score (nSPS) is 13.0. The molecule has 0 saturated carbocycles. The topological polar surface area (TPSA) is 75.7 Å². The molecule has 0 unspecified atom stereocenters. The number of benzene rings is 2. The number of carbonyl (C=O) groups excluding carboxylic acids is 3. The largest absolute Gasteiger partial charge is 0.412 e. The second-order valence-electron chi connectivity index (χ2n) is 4.63. The monoisotopic (exact) mass is 296 g/mol. The first-order chi connectivity index (χ1) is 10.6. The molecule has 3 rings (SSSR count). The number of rotatable bonds is 2. The summed E-state index contributed by atoms with van der Waals surface area (Å²) in [5.41, 5.74) is 1.09. The number of anilines is 1. The minimum absolute atomic E-state index is 0.244. The van der Waals surface area contributed by atoms with E-state index in [4.69, 9.17) is 4.74 Å². The first-order valence-electron chi connectivity index (χ1n) is 6.59. The van der Waals surface area contributed by atoms with Gasteiger partial charge >= 0.3 is 6.09 Å². The lowest BCUT2D eigenvalue weighted by molar-refractivity contribution is 0.0926. The molecule has 6 nitrogen and oxygen atoms in total. The van der Waals surface area contributed by atoms with Crippen LogP contribution < -0.4 is 15.0 Å². The van der Waals surface area contributed by atoms with Crippen molar-refractivity contribution in [3.05, 3.63) is 59.7 Å². The van der Waals surface area contributed by atoms with Gasteiger partial charge in [0.1, 0.15) is 5.75 Å². The maximum absolute atomic E-state index is 12.4. The molecule has 1 aliphatic rings. The van der Waals surface area contributed by atoms with Crippen LogP contribution in [0.5, 0.6) is 5.75 Å². The van der Waals surface area contributed by atoms with Gasteiger partial charge in [0.05, 0.1) is 16.8 Å². The molecule has 0 atom stereocenters. The maximum atomic E-state index is 12.4. The van der Waals surface area contributed by atoms with Crippen LogP contribution in [0, 0.1) is 0 Å². The molecule has 1 N–H and O–H groups in total. The zero-order chi connectivity index (χ0) is 15.7. The van der Waals surface area contributed by atoms with E-state index in [1.165, 1.54) is 13.1 Å². The summed E-state index contributed by atoms with van der Waals surface area (Å²) in [6.45, 7) is 0. The summed E-state index contributed by atoms with van der Waals surface area (Å²) >= 11 is 0. The molecule has 0 aliphatic carbocycles. The van der Waals surface area contributed by atoms with Gasteiger partial charge in [0.25, 0.3) is 11.8 Å². The molecular weight excluding hydrogens is 284 g/mol. The van der Waals surface area contributed by atoms with Crippen molar-refractivity contribution in [2.24, 2.45) is 0 Å². The Kier molecular flexibility index (Phi) is 3.34. The van der Waals surface area contributed by atoms with Crippen molar-refractivity contribution in [1.29, 1.82) is 0 Å². The molecule has 1 aliphatic heterocycles. The van der Waals surface area contributed by atoms with Crippen molar-refractivity contribution in [3.63, 3.8) is 0 Å². The highest BCUT2D eigenvalue weighted by molar-refractivity contribution is 6.34. The molecule has 0 saturated heterocycles. The van der Waals surface area contributed by atoms with Gasteiger partial charge in [0.15, 0.2) is 0 Å². The average Bonchev–Trinajstić information content (AvgIpc) is 2.79. The number of nitrogens with zero attached hydrogens (tertiary/aromatic N) is 1. The molecule has 6 heteroatoms. The van der Waals surface area contributed by atoms with E-state index >= 15 is 0 Å². The van der Waals surface area contributed by atoms with E-state index in [9.17, 15) is 14.4 Å². The summed E-state index contributed by atoms with van der Waals surface area (Å²) < 4.78 is 5.01. The predicted octanol–water partition coefficient (Wildman–Crippen LogP) is 2.21. The zero-order valence-corrected chi connectivity index (χ0v) is 11.7. The fourth-order valence-electron chi connectivity index (χ4n) is 2.27. The van der Waals surface area contributed by atoms with Gasteiger partial charge in [-0.25, -0.2) is 9.69 Å². The Labute approximate surface area is 126 Å². The highest BCUT2D eigenvalue weighted by Gasteiger charge is 2.36. The fourth-order valence-corrected chi connectivity index (χ4v) is 2.27. The average molecular weight is 296 g/mol. The summed E-state index contributed by atoms with van der Waals surface area (Å²) in [6.07, 6.45) is -0.625. The summed E-state index contributed by atoms with van der Waals surface area (Å²) in [4.78, 5) is 37.1. The zero-order valence-electron chi connectivity index (χ0n) is 11.7. The van der Waals surface area contributed by atoms with Gasteiger partial charge in [-0.05, 0) is 24.3 Å². The van der Waals surface area contributed by atoms with Crippen LogP contribution in [0.25, 0.3) is 0 Å². The van der Waals surface area contributed by atoms with Crippen molar-refractivity contribution in [2.75, 3.05) is 11.9 Å². The van der Waals surface area contributed by atoms with E-state index < -0.39 is 17.9 Å². The second kappa shape index (κ2) is 5.33. The number of hydrogen-bond donors (Lipinski definition) is 1. The van der Waals surface area contributed by atoms with Crippen LogP contribution in [0.15, 0.2) is 48.5 Å². The van der Waals surface area contributed by atoms with Crippen LogP contribution >= 0.6 is 0 Å². The van der Waals surface area contributed by atoms with Crippen molar-refractivity contribution >= 4 is 23.6 Å². The Bertz CT molecular complexity index is 750. The number of nitrogens with one attached hydrogen (secondary N) is 1. The minimum Gasteiger partial charge on any atom is -0.410 e. The number of amides is 3. The van der Waals surface area contributed by atoms with E-state index in [0.29, 0.717) is 16.8 Å². The minimum atomic E-state index is -0.625. The summed E-state index contributed by atoms with van der Waals surface area (Å²) in [7, 11) is 1.44. The lowest BCUT2D eigenvalue weighted by atomic mass is 10.1. The summed E-state index contributed by atoms with van der Waals surface area (Å²) in [5.74, 6) is -0.538. The van der Waals surface area contributed by atoms with Crippen molar-refractivity contribution < 1.29 is 19.1 Å². The third kappa shape index (κ3) is 2.20. The molecule has 2 aromatic rings. The van der Waals surface area contributed by atoms with Crippen LogP contribution in [0.3, 0.4) is 0 Å². The number of fused-ring (bicyclic) bond motifs is 1. The highest BCUT2D eigenvalue weighted by Crippen LogP contribution is 2.30. The van der Waals surface area contributed by atoms with Gasteiger partial charge in [-0.2, -0.15) is 0 Å². The van der Waals surface area contributed by atoms with E-state index in [1.807, 2.05) is 0 Å². The molecule has 22 heavy (non-hydrogen) atoms. The Hall–Kier alpha value is -3.15. The molecule has 0 aromatic heterocycles. The molecule has 0 radical (unpaired) electrons. The van der Waals surface area contributed by atoms with E-state index in [2.05, 4.69) is 5.32 Å². The lowest BCUT2D eigenvalue weighted by Gasteiger charge is -2.14. The van der Waals surface area contributed by atoms with Crippen LogP contribution in [0.2, 0.25) is 0 Å². The molecule has 0 bridgehead atoms. The molecule has 1 heterocycles. The SMILES string of the molecule is CNC(=O)Oc1cccc(N2C(=O)c3ccccc3C2=O)c1. The standard InChI is InChI=1S/C16H12N2O4/c1-17-16(21)22-11-6-4-5-10(9-11)18-14(19)12-7-2-3-8-13(12)15(18)20/h2-9H,1H3,(H,17,21). The van der Waals surface area contributed by atoms with Gasteiger partial charge in [0, 0.05) is 13.1 Å². The smallest absolute Gasteiger partial charge is 0.410 e. The predicted molar refractivity (Wildman–Crippen MR) is 79.1 cm³/mol. The lowest BCUT2D eigenvalue weighted by Crippen LogP contribution is -2.29. The van der Waals surface area contributed by atoms with Gasteiger partial charge in [-0.1, -0.05) is 18.2 Å². The first kappa shape index (κ1) is 13.8. The van der Waals surface area contributed by atoms with E-state index in [1.54, 1.807) is 42.5 Å². The molecule has 0 spiro atoms. The number of imide groups is 1. The van der Waals surface area contributed by atoms with Crippen LogP contribution in [0.1, 0.15) is 20.7 Å².